The molecule has 2 N–H and O–H groups in total. The van der Waals surface area contributed by atoms with Gasteiger partial charge in [-0.2, -0.15) is 0 Å². The molecule has 4 aromatic heterocycles. The number of hydrogen-bond acceptors (Lipinski definition) is 6. The SMILES string of the molecule is O=C(NC=C(c1cccs1)c1cccs1)c1sc2ccsc2c1O. The second-order valence-corrected chi connectivity index (χ2v) is 8.74. The van der Waals surface area contributed by atoms with Gasteiger partial charge in [0.2, 0.25) is 0 Å². The topological polar surface area (TPSA) is 49.3 Å². The second-order valence-electron chi connectivity index (χ2n) is 4.88. The molecule has 3 nitrogen and oxygen atoms in total. The molecule has 0 saturated carbocycles. The summed E-state index contributed by atoms with van der Waals surface area (Å²) < 4.78 is 1.70. The largest absolute Gasteiger partial charge is 0.505 e. The van der Waals surface area contributed by atoms with Crippen molar-refractivity contribution >= 4 is 66.2 Å². The third kappa shape index (κ3) is 2.80. The molecule has 0 atom stereocenters. The number of hydrogen-bond donors (Lipinski definition) is 2. The van der Waals surface area contributed by atoms with Gasteiger partial charge in [-0.3, -0.25) is 4.79 Å². The van der Waals surface area contributed by atoms with E-state index < -0.39 is 0 Å². The highest BCUT2D eigenvalue weighted by atomic mass is 32.1. The first-order valence-corrected chi connectivity index (χ1v) is 10.5. The summed E-state index contributed by atoms with van der Waals surface area (Å²) in [6.07, 6.45) is 1.73. The van der Waals surface area contributed by atoms with E-state index in [4.69, 9.17) is 0 Å². The number of thiophene rings is 4. The van der Waals surface area contributed by atoms with Gasteiger partial charge in [-0.05, 0) is 34.3 Å². The zero-order chi connectivity index (χ0) is 16.5. The van der Waals surface area contributed by atoms with E-state index >= 15 is 0 Å². The molecule has 4 heterocycles. The lowest BCUT2D eigenvalue weighted by Crippen LogP contribution is -2.16. The number of rotatable bonds is 4. The summed E-state index contributed by atoms with van der Waals surface area (Å²) in [6.45, 7) is 0. The summed E-state index contributed by atoms with van der Waals surface area (Å²) in [5.41, 5.74) is 0.978. The van der Waals surface area contributed by atoms with Crippen molar-refractivity contribution in [3.8, 4) is 5.75 Å². The lowest BCUT2D eigenvalue weighted by molar-refractivity contribution is 0.0972. The van der Waals surface area contributed by atoms with Crippen LogP contribution < -0.4 is 5.32 Å². The summed E-state index contributed by atoms with van der Waals surface area (Å²) in [5.74, 6) is -0.212. The Balaban J connectivity index is 1.65. The van der Waals surface area contributed by atoms with E-state index in [2.05, 4.69) is 5.32 Å². The molecular weight excluding hydrogens is 378 g/mol. The fourth-order valence-electron chi connectivity index (χ4n) is 2.30. The predicted octanol–water partition coefficient (Wildman–Crippen LogP) is 5.61. The first-order chi connectivity index (χ1) is 11.7. The molecule has 4 rings (SSSR count). The van der Waals surface area contributed by atoms with E-state index in [9.17, 15) is 9.90 Å². The molecule has 0 aliphatic rings. The van der Waals surface area contributed by atoms with E-state index in [1.165, 1.54) is 22.7 Å². The quantitative estimate of drug-likeness (QED) is 0.476. The van der Waals surface area contributed by atoms with Gasteiger partial charge in [-0.25, -0.2) is 0 Å². The molecule has 0 radical (unpaired) electrons. The van der Waals surface area contributed by atoms with Crippen molar-refractivity contribution in [2.75, 3.05) is 0 Å². The number of amides is 1. The third-order valence-electron chi connectivity index (χ3n) is 3.40. The summed E-state index contributed by atoms with van der Waals surface area (Å²) in [4.78, 5) is 15.0. The Kier molecular flexibility index (Phi) is 4.24. The van der Waals surface area contributed by atoms with Gasteiger partial charge in [0.05, 0.1) is 4.70 Å². The van der Waals surface area contributed by atoms with Crippen LogP contribution >= 0.6 is 45.3 Å². The normalized spacial score (nSPS) is 10.8. The minimum atomic E-state index is -0.286. The van der Waals surface area contributed by atoms with Crippen LogP contribution in [0.15, 0.2) is 52.7 Å². The Morgan fingerprint density at radius 1 is 1.00 bits per heavy atom. The van der Waals surface area contributed by atoms with E-state index in [0.717, 1.165) is 24.7 Å². The summed E-state index contributed by atoms with van der Waals surface area (Å²) in [7, 11) is 0. The van der Waals surface area contributed by atoms with Gasteiger partial charge in [0.15, 0.2) is 5.75 Å². The maximum atomic E-state index is 12.5. The fourth-order valence-corrected chi connectivity index (χ4v) is 5.93. The number of carbonyl (C=O) groups is 1. The zero-order valence-corrected chi connectivity index (χ0v) is 15.5. The number of aromatic hydroxyl groups is 1. The molecule has 0 fully saturated rings. The van der Waals surface area contributed by atoms with Gasteiger partial charge in [0.1, 0.15) is 4.88 Å². The van der Waals surface area contributed by atoms with E-state index in [1.807, 2.05) is 46.5 Å². The van der Waals surface area contributed by atoms with Crippen LogP contribution in [0.4, 0.5) is 0 Å². The van der Waals surface area contributed by atoms with Crippen LogP contribution in [0.3, 0.4) is 0 Å². The smallest absolute Gasteiger partial charge is 0.269 e. The van der Waals surface area contributed by atoms with Crippen LogP contribution in [-0.4, -0.2) is 11.0 Å². The molecule has 1 amide bonds. The Morgan fingerprint density at radius 2 is 1.71 bits per heavy atom. The molecule has 4 aromatic rings. The van der Waals surface area contributed by atoms with Crippen LogP contribution in [-0.2, 0) is 0 Å². The Morgan fingerprint density at radius 3 is 2.29 bits per heavy atom. The Hall–Kier alpha value is -1.93. The van der Waals surface area contributed by atoms with E-state index in [-0.39, 0.29) is 11.7 Å². The van der Waals surface area contributed by atoms with Crippen LogP contribution in [0.25, 0.3) is 15.0 Å². The van der Waals surface area contributed by atoms with Crippen LogP contribution in [0, 0.1) is 0 Å². The molecule has 7 heteroatoms. The molecule has 0 spiro atoms. The van der Waals surface area contributed by atoms with Crippen molar-refractivity contribution in [3.63, 3.8) is 0 Å². The predicted molar refractivity (Wildman–Crippen MR) is 105 cm³/mol. The third-order valence-corrected chi connectivity index (χ3v) is 7.40. The lowest BCUT2D eigenvalue weighted by Gasteiger charge is -2.04. The van der Waals surface area contributed by atoms with Crippen molar-refractivity contribution in [1.29, 1.82) is 0 Å². The first kappa shape index (κ1) is 15.6. The molecule has 0 aliphatic heterocycles. The Bertz CT molecular complexity index is 970. The highest BCUT2D eigenvalue weighted by Crippen LogP contribution is 2.40. The molecule has 120 valence electrons. The number of nitrogens with one attached hydrogen (secondary N) is 1. The summed E-state index contributed by atoms with van der Waals surface area (Å²) in [6, 6.07) is 9.95. The van der Waals surface area contributed by atoms with Crippen LogP contribution in [0.2, 0.25) is 0 Å². The Labute approximate surface area is 154 Å². The highest BCUT2D eigenvalue weighted by molar-refractivity contribution is 7.28. The van der Waals surface area contributed by atoms with Crippen molar-refractivity contribution in [3.05, 3.63) is 67.3 Å². The van der Waals surface area contributed by atoms with Gasteiger partial charge in [0, 0.05) is 26.2 Å². The first-order valence-electron chi connectivity index (χ1n) is 7.02. The number of carbonyl (C=O) groups excluding carboxylic acids is 1. The average Bonchev–Trinajstić information content (AvgIpc) is 3.35. The molecule has 0 aromatic carbocycles. The van der Waals surface area contributed by atoms with Gasteiger partial charge in [-0.15, -0.1) is 45.3 Å². The minimum Gasteiger partial charge on any atom is -0.505 e. The monoisotopic (exact) mass is 389 g/mol. The fraction of sp³-hybridized carbons (Fsp3) is 0. The standard InChI is InChI=1S/C17H11NO2S4/c19-14-15-13(5-8-23-15)24-16(14)17(20)18-9-10(11-3-1-6-21-11)12-4-2-7-22-12/h1-9,19H,(H,18,20). The van der Waals surface area contributed by atoms with Crippen molar-refractivity contribution in [2.24, 2.45) is 0 Å². The molecular formula is C17H11NO2S4. The average molecular weight is 390 g/mol. The second kappa shape index (κ2) is 6.52. The van der Waals surface area contributed by atoms with Gasteiger partial charge in [-0.1, -0.05) is 12.1 Å². The number of fused-ring (bicyclic) bond motifs is 1. The molecule has 0 aliphatic carbocycles. The van der Waals surface area contributed by atoms with Crippen LogP contribution in [0.1, 0.15) is 19.4 Å². The molecule has 0 unspecified atom stereocenters. The van der Waals surface area contributed by atoms with Crippen LogP contribution in [0.5, 0.6) is 5.75 Å². The maximum Gasteiger partial charge on any atom is 0.269 e. The minimum absolute atomic E-state index is 0.0738. The summed E-state index contributed by atoms with van der Waals surface area (Å²) >= 11 is 6.00. The van der Waals surface area contributed by atoms with Crippen molar-refractivity contribution in [2.45, 2.75) is 0 Å². The zero-order valence-electron chi connectivity index (χ0n) is 12.2. The van der Waals surface area contributed by atoms with Crippen molar-refractivity contribution < 1.29 is 9.90 Å². The van der Waals surface area contributed by atoms with E-state index in [0.29, 0.717) is 4.88 Å². The van der Waals surface area contributed by atoms with Gasteiger partial charge >= 0.3 is 0 Å². The lowest BCUT2D eigenvalue weighted by atomic mass is 10.2. The van der Waals surface area contributed by atoms with Gasteiger partial charge in [0.25, 0.3) is 5.91 Å². The summed E-state index contributed by atoms with van der Waals surface area (Å²) in [5, 5.41) is 19.0. The van der Waals surface area contributed by atoms with Crippen molar-refractivity contribution in [1.82, 2.24) is 5.32 Å². The highest BCUT2D eigenvalue weighted by Gasteiger charge is 2.18. The molecule has 0 bridgehead atoms. The molecule has 24 heavy (non-hydrogen) atoms. The molecule has 0 saturated heterocycles. The van der Waals surface area contributed by atoms with E-state index in [1.54, 1.807) is 28.9 Å². The maximum absolute atomic E-state index is 12.5. The van der Waals surface area contributed by atoms with Gasteiger partial charge < -0.3 is 10.4 Å².